The number of hydrogen-bond donors (Lipinski definition) is 1. The van der Waals surface area contributed by atoms with Crippen molar-refractivity contribution in [1.82, 2.24) is 0 Å². The number of nitrogens with one attached hydrogen (secondary N) is 1. The van der Waals surface area contributed by atoms with E-state index in [0.717, 1.165) is 18.2 Å². The van der Waals surface area contributed by atoms with Gasteiger partial charge in [0.2, 0.25) is 0 Å². The van der Waals surface area contributed by atoms with Gasteiger partial charge in [-0.3, -0.25) is 14.9 Å². The molecule has 0 saturated heterocycles. The third kappa shape index (κ3) is 4.34. The van der Waals surface area contributed by atoms with Crippen LogP contribution in [0.5, 0.6) is 0 Å². The molecule has 0 atom stereocenters. The van der Waals surface area contributed by atoms with Crippen LogP contribution >= 0.6 is 0 Å². The Kier molecular flexibility index (Phi) is 5.38. The minimum atomic E-state index is -0.948. The second-order valence-corrected chi connectivity index (χ2v) is 4.96. The van der Waals surface area contributed by atoms with E-state index in [1.807, 2.05) is 0 Å². The molecule has 0 aliphatic rings. The lowest BCUT2D eigenvalue weighted by Crippen LogP contribution is -2.22. The molecule has 0 aliphatic carbocycles. The van der Waals surface area contributed by atoms with Crippen molar-refractivity contribution in [3.8, 4) is 0 Å². The van der Waals surface area contributed by atoms with E-state index in [4.69, 9.17) is 4.74 Å². The quantitative estimate of drug-likeness (QED) is 0.508. The number of ether oxygens (including phenoxy) is 1. The summed E-state index contributed by atoms with van der Waals surface area (Å²) in [6.07, 6.45) is 0. The molecule has 0 unspecified atom stereocenters. The van der Waals surface area contributed by atoms with Crippen LogP contribution in [-0.4, -0.2) is 23.4 Å². The van der Waals surface area contributed by atoms with Crippen LogP contribution in [0.15, 0.2) is 36.4 Å². The Bertz CT molecular complexity index is 854. The highest BCUT2D eigenvalue weighted by Crippen LogP contribution is 2.21. The number of nitrogens with zero attached hydrogens (tertiary/aromatic N) is 1. The van der Waals surface area contributed by atoms with Gasteiger partial charge in [0.25, 0.3) is 11.6 Å². The summed E-state index contributed by atoms with van der Waals surface area (Å²) in [6.45, 7) is 0.605. The van der Waals surface area contributed by atoms with E-state index in [9.17, 15) is 28.5 Å². The SMILES string of the molecule is Cc1c(C(=O)OCC(=O)Nc2cc(F)ccc2F)cccc1[N+](=O)[O-]. The molecular weight excluding hydrogens is 338 g/mol. The number of anilines is 1. The van der Waals surface area contributed by atoms with E-state index >= 15 is 0 Å². The van der Waals surface area contributed by atoms with Gasteiger partial charge in [-0.05, 0) is 25.1 Å². The molecule has 130 valence electrons. The van der Waals surface area contributed by atoms with E-state index in [2.05, 4.69) is 5.32 Å². The zero-order chi connectivity index (χ0) is 18.6. The van der Waals surface area contributed by atoms with Crippen molar-refractivity contribution in [3.05, 3.63) is 69.3 Å². The van der Waals surface area contributed by atoms with Crippen molar-refractivity contribution in [2.24, 2.45) is 0 Å². The van der Waals surface area contributed by atoms with Crippen molar-refractivity contribution in [3.63, 3.8) is 0 Å². The molecule has 0 spiro atoms. The molecule has 0 saturated carbocycles. The van der Waals surface area contributed by atoms with Crippen molar-refractivity contribution in [2.75, 3.05) is 11.9 Å². The zero-order valence-electron chi connectivity index (χ0n) is 12.9. The first kappa shape index (κ1) is 18.0. The molecule has 2 rings (SSSR count). The smallest absolute Gasteiger partial charge is 0.339 e. The van der Waals surface area contributed by atoms with Gasteiger partial charge >= 0.3 is 5.97 Å². The molecule has 0 heterocycles. The average molecular weight is 350 g/mol. The van der Waals surface area contributed by atoms with Crippen molar-refractivity contribution in [2.45, 2.75) is 6.92 Å². The second-order valence-electron chi connectivity index (χ2n) is 4.96. The topological polar surface area (TPSA) is 98.5 Å². The predicted octanol–water partition coefficient (Wildman–Crippen LogP) is 2.98. The molecule has 25 heavy (non-hydrogen) atoms. The maximum absolute atomic E-state index is 13.4. The van der Waals surface area contributed by atoms with Crippen LogP contribution in [-0.2, 0) is 9.53 Å². The van der Waals surface area contributed by atoms with Crippen LogP contribution < -0.4 is 5.32 Å². The van der Waals surface area contributed by atoms with Gasteiger partial charge in [0.1, 0.15) is 11.6 Å². The van der Waals surface area contributed by atoms with E-state index in [1.54, 1.807) is 0 Å². The molecule has 9 heteroatoms. The van der Waals surface area contributed by atoms with Gasteiger partial charge in [0, 0.05) is 17.7 Å². The molecule has 2 aromatic rings. The highest BCUT2D eigenvalue weighted by Gasteiger charge is 2.20. The van der Waals surface area contributed by atoms with Crippen molar-refractivity contribution >= 4 is 23.3 Å². The van der Waals surface area contributed by atoms with Gasteiger partial charge in [-0.1, -0.05) is 6.07 Å². The number of nitro benzene ring substituents is 1. The summed E-state index contributed by atoms with van der Waals surface area (Å²) in [5.74, 6) is -3.44. The zero-order valence-corrected chi connectivity index (χ0v) is 12.9. The Morgan fingerprint density at radius 1 is 1.24 bits per heavy atom. The average Bonchev–Trinajstić information content (AvgIpc) is 2.56. The molecule has 0 bridgehead atoms. The molecule has 0 fully saturated rings. The minimum absolute atomic E-state index is 0.0704. The molecule has 0 aliphatic heterocycles. The van der Waals surface area contributed by atoms with Gasteiger partial charge < -0.3 is 10.1 Å². The molecule has 7 nitrogen and oxygen atoms in total. The third-order valence-corrected chi connectivity index (χ3v) is 3.26. The first-order valence-corrected chi connectivity index (χ1v) is 6.95. The molecule has 1 amide bonds. The van der Waals surface area contributed by atoms with Crippen LogP contribution in [0.25, 0.3) is 0 Å². The summed E-state index contributed by atoms with van der Waals surface area (Å²) in [5.41, 5.74) is -0.638. The highest BCUT2D eigenvalue weighted by atomic mass is 19.1. The number of amides is 1. The van der Waals surface area contributed by atoms with E-state index in [-0.39, 0.29) is 16.8 Å². The Morgan fingerprint density at radius 3 is 2.64 bits per heavy atom. The standard InChI is InChI=1S/C16H12F2N2O5/c1-9-11(3-2-4-14(9)20(23)24)16(22)25-8-15(21)19-13-7-10(17)5-6-12(13)18/h2-7H,8H2,1H3,(H,19,21). The number of halogens is 2. The van der Waals surface area contributed by atoms with Gasteiger partial charge in [-0.15, -0.1) is 0 Å². The van der Waals surface area contributed by atoms with Crippen LogP contribution in [0.3, 0.4) is 0 Å². The lowest BCUT2D eigenvalue weighted by Gasteiger charge is -2.09. The fraction of sp³-hybridized carbons (Fsp3) is 0.125. The van der Waals surface area contributed by atoms with Gasteiger partial charge in [-0.2, -0.15) is 0 Å². The van der Waals surface area contributed by atoms with Gasteiger partial charge in [0.15, 0.2) is 6.61 Å². The summed E-state index contributed by atoms with van der Waals surface area (Å²) in [4.78, 5) is 33.8. The monoisotopic (exact) mass is 350 g/mol. The fourth-order valence-corrected chi connectivity index (χ4v) is 2.03. The Hall–Kier alpha value is -3.36. The maximum Gasteiger partial charge on any atom is 0.339 e. The van der Waals surface area contributed by atoms with E-state index in [0.29, 0.717) is 0 Å². The predicted molar refractivity (Wildman–Crippen MR) is 83.1 cm³/mol. The van der Waals surface area contributed by atoms with Crippen LogP contribution in [0.2, 0.25) is 0 Å². The molecule has 0 aromatic heterocycles. The van der Waals surface area contributed by atoms with E-state index in [1.165, 1.54) is 25.1 Å². The van der Waals surface area contributed by atoms with Crippen LogP contribution in [0.4, 0.5) is 20.2 Å². The van der Waals surface area contributed by atoms with Crippen LogP contribution in [0.1, 0.15) is 15.9 Å². The number of carbonyl (C=O) groups is 2. The van der Waals surface area contributed by atoms with Gasteiger partial charge in [0.05, 0.1) is 16.2 Å². The van der Waals surface area contributed by atoms with Crippen molar-refractivity contribution in [1.29, 1.82) is 0 Å². The normalized spacial score (nSPS) is 10.2. The van der Waals surface area contributed by atoms with Crippen LogP contribution in [0, 0.1) is 28.7 Å². The lowest BCUT2D eigenvalue weighted by atomic mass is 10.1. The Morgan fingerprint density at radius 2 is 1.96 bits per heavy atom. The fourth-order valence-electron chi connectivity index (χ4n) is 2.03. The molecule has 1 N–H and O–H groups in total. The summed E-state index contributed by atoms with van der Waals surface area (Å²) < 4.78 is 31.2. The maximum atomic E-state index is 13.4. The Labute approximate surface area is 140 Å². The molecule has 2 aromatic carbocycles. The summed E-state index contributed by atoms with van der Waals surface area (Å²) in [5, 5.41) is 12.9. The lowest BCUT2D eigenvalue weighted by molar-refractivity contribution is -0.385. The number of hydrogen-bond acceptors (Lipinski definition) is 5. The molecule has 0 radical (unpaired) electrons. The number of rotatable bonds is 5. The van der Waals surface area contributed by atoms with Gasteiger partial charge in [-0.25, -0.2) is 13.6 Å². The summed E-state index contributed by atoms with van der Waals surface area (Å²) in [7, 11) is 0. The Balaban J connectivity index is 2.03. The highest BCUT2D eigenvalue weighted by molar-refractivity contribution is 5.96. The molecular formula is C16H12F2N2O5. The number of esters is 1. The summed E-state index contributed by atoms with van der Waals surface area (Å²) >= 11 is 0. The minimum Gasteiger partial charge on any atom is -0.452 e. The number of nitro groups is 1. The first-order chi connectivity index (χ1) is 11.8. The summed E-state index contributed by atoms with van der Waals surface area (Å²) in [6, 6.07) is 6.35. The van der Waals surface area contributed by atoms with E-state index < -0.39 is 40.7 Å². The third-order valence-electron chi connectivity index (χ3n) is 3.26. The largest absolute Gasteiger partial charge is 0.452 e. The van der Waals surface area contributed by atoms with Crippen molar-refractivity contribution < 1.29 is 28.0 Å². The number of carbonyl (C=O) groups excluding carboxylic acids is 2. The first-order valence-electron chi connectivity index (χ1n) is 6.95. The second kappa shape index (κ2) is 7.47. The number of benzene rings is 2.